The zero-order chi connectivity index (χ0) is 10.6. The molecule has 1 amide bonds. The molecular formula is C10H22N2O. The van der Waals surface area contributed by atoms with Gasteiger partial charge in [-0.2, -0.15) is 0 Å². The molecule has 0 aromatic heterocycles. The summed E-state index contributed by atoms with van der Waals surface area (Å²) >= 11 is 0. The lowest BCUT2D eigenvalue weighted by molar-refractivity contribution is -0.135. The van der Waals surface area contributed by atoms with Gasteiger partial charge in [0.05, 0.1) is 6.04 Å². The molecule has 0 bridgehead atoms. The van der Waals surface area contributed by atoms with Gasteiger partial charge in [-0.05, 0) is 26.7 Å². The zero-order valence-electron chi connectivity index (χ0n) is 9.37. The van der Waals surface area contributed by atoms with Crippen molar-refractivity contribution in [2.75, 3.05) is 6.54 Å². The molecule has 0 aliphatic rings. The van der Waals surface area contributed by atoms with E-state index in [1.54, 1.807) is 0 Å². The number of hydrogen-bond donors (Lipinski definition) is 1. The van der Waals surface area contributed by atoms with Crippen LogP contribution in [0, 0.1) is 5.92 Å². The third kappa shape index (κ3) is 3.35. The Morgan fingerprint density at radius 2 is 1.77 bits per heavy atom. The van der Waals surface area contributed by atoms with Gasteiger partial charge in [0.1, 0.15) is 0 Å². The number of amides is 1. The molecule has 0 aromatic rings. The lowest BCUT2D eigenvalue weighted by Crippen LogP contribution is -2.49. The Bertz CT molecular complexity index is 166. The maximum Gasteiger partial charge on any atom is 0.239 e. The molecule has 0 saturated carbocycles. The van der Waals surface area contributed by atoms with Gasteiger partial charge in [-0.25, -0.2) is 0 Å². The van der Waals surface area contributed by atoms with E-state index in [1.165, 1.54) is 0 Å². The number of hydrogen-bond acceptors (Lipinski definition) is 2. The molecule has 0 radical (unpaired) electrons. The maximum atomic E-state index is 11.8. The van der Waals surface area contributed by atoms with E-state index in [4.69, 9.17) is 5.73 Å². The highest BCUT2D eigenvalue weighted by Crippen LogP contribution is 2.06. The monoisotopic (exact) mass is 186 g/mol. The summed E-state index contributed by atoms with van der Waals surface area (Å²) in [6.45, 7) is 10.7. The van der Waals surface area contributed by atoms with E-state index in [0.29, 0.717) is 0 Å². The van der Waals surface area contributed by atoms with Crippen LogP contribution >= 0.6 is 0 Å². The van der Waals surface area contributed by atoms with Crippen LogP contribution < -0.4 is 5.73 Å². The summed E-state index contributed by atoms with van der Waals surface area (Å²) in [5, 5.41) is 0. The quantitative estimate of drug-likeness (QED) is 0.717. The van der Waals surface area contributed by atoms with E-state index in [0.717, 1.165) is 6.54 Å². The Labute approximate surface area is 81.3 Å². The summed E-state index contributed by atoms with van der Waals surface area (Å²) in [5.74, 6) is 0.271. The molecule has 0 aliphatic carbocycles. The second-order valence-corrected chi connectivity index (χ2v) is 3.99. The Kier molecular flexibility index (Phi) is 4.99. The van der Waals surface area contributed by atoms with Crippen molar-refractivity contribution in [2.24, 2.45) is 11.7 Å². The summed E-state index contributed by atoms with van der Waals surface area (Å²) < 4.78 is 0. The molecule has 0 aliphatic heterocycles. The average Bonchev–Trinajstić information content (AvgIpc) is 2.03. The van der Waals surface area contributed by atoms with Gasteiger partial charge in [-0.1, -0.05) is 13.8 Å². The molecule has 2 N–H and O–H groups in total. The van der Waals surface area contributed by atoms with Gasteiger partial charge in [0, 0.05) is 12.6 Å². The van der Waals surface area contributed by atoms with Crippen molar-refractivity contribution < 1.29 is 4.79 Å². The van der Waals surface area contributed by atoms with Crippen LogP contribution in [-0.4, -0.2) is 29.4 Å². The first-order chi connectivity index (χ1) is 5.91. The fourth-order valence-electron chi connectivity index (χ4n) is 1.25. The largest absolute Gasteiger partial charge is 0.339 e. The first-order valence-corrected chi connectivity index (χ1v) is 4.97. The van der Waals surface area contributed by atoms with Crippen molar-refractivity contribution in [1.29, 1.82) is 0 Å². The van der Waals surface area contributed by atoms with Crippen molar-refractivity contribution in [3.05, 3.63) is 0 Å². The number of nitrogens with zero attached hydrogens (tertiary/aromatic N) is 1. The second-order valence-electron chi connectivity index (χ2n) is 3.99. The zero-order valence-corrected chi connectivity index (χ0v) is 9.37. The van der Waals surface area contributed by atoms with Crippen LogP contribution in [0.25, 0.3) is 0 Å². The topological polar surface area (TPSA) is 46.3 Å². The van der Waals surface area contributed by atoms with Crippen LogP contribution in [0.1, 0.15) is 34.6 Å². The van der Waals surface area contributed by atoms with E-state index in [2.05, 4.69) is 0 Å². The molecule has 0 unspecified atom stereocenters. The highest BCUT2D eigenvalue weighted by molar-refractivity contribution is 5.82. The number of carbonyl (C=O) groups excluding carboxylic acids is 1. The van der Waals surface area contributed by atoms with E-state index < -0.39 is 0 Å². The van der Waals surface area contributed by atoms with Crippen LogP contribution in [0.5, 0.6) is 0 Å². The Balaban J connectivity index is 4.37. The summed E-state index contributed by atoms with van der Waals surface area (Å²) in [6, 6.07) is -0.121. The lowest BCUT2D eigenvalue weighted by Gasteiger charge is -2.29. The van der Waals surface area contributed by atoms with Gasteiger partial charge in [0.2, 0.25) is 5.91 Å². The predicted octanol–water partition coefficient (Wildman–Crippen LogP) is 1.23. The van der Waals surface area contributed by atoms with Crippen molar-refractivity contribution in [3.8, 4) is 0 Å². The van der Waals surface area contributed by atoms with Gasteiger partial charge < -0.3 is 10.6 Å². The highest BCUT2D eigenvalue weighted by Gasteiger charge is 2.23. The second kappa shape index (κ2) is 5.22. The fourth-order valence-corrected chi connectivity index (χ4v) is 1.25. The van der Waals surface area contributed by atoms with E-state index in [-0.39, 0.29) is 23.9 Å². The third-order valence-electron chi connectivity index (χ3n) is 2.25. The normalized spacial score (nSPS) is 13.5. The third-order valence-corrected chi connectivity index (χ3v) is 2.25. The Hall–Kier alpha value is -0.570. The number of rotatable bonds is 4. The van der Waals surface area contributed by atoms with Gasteiger partial charge >= 0.3 is 0 Å². The SMILES string of the molecule is CCN(C(=O)[C@@H](N)C(C)C)C(C)C. The van der Waals surface area contributed by atoms with Gasteiger partial charge in [0.15, 0.2) is 0 Å². The molecule has 0 saturated heterocycles. The maximum absolute atomic E-state index is 11.8. The first kappa shape index (κ1) is 12.4. The molecule has 0 heterocycles. The van der Waals surface area contributed by atoms with Crippen LogP contribution in [-0.2, 0) is 4.79 Å². The van der Waals surface area contributed by atoms with E-state index in [1.807, 2.05) is 39.5 Å². The molecule has 78 valence electrons. The molecule has 3 nitrogen and oxygen atoms in total. The van der Waals surface area contributed by atoms with Gasteiger partial charge in [-0.15, -0.1) is 0 Å². The van der Waals surface area contributed by atoms with Gasteiger partial charge in [-0.3, -0.25) is 4.79 Å². The van der Waals surface area contributed by atoms with Crippen LogP contribution in [0.2, 0.25) is 0 Å². The predicted molar refractivity (Wildman–Crippen MR) is 55.3 cm³/mol. The molecule has 0 fully saturated rings. The summed E-state index contributed by atoms with van der Waals surface area (Å²) in [5.41, 5.74) is 5.78. The molecule has 13 heavy (non-hydrogen) atoms. The highest BCUT2D eigenvalue weighted by atomic mass is 16.2. The average molecular weight is 186 g/mol. The number of likely N-dealkylation sites (N-methyl/N-ethyl adjacent to an activating group) is 1. The fraction of sp³-hybridized carbons (Fsp3) is 0.900. The Morgan fingerprint density at radius 3 is 2.00 bits per heavy atom. The lowest BCUT2D eigenvalue weighted by atomic mass is 10.0. The minimum atomic E-state index is -0.359. The van der Waals surface area contributed by atoms with Crippen molar-refractivity contribution >= 4 is 5.91 Å². The number of nitrogens with two attached hydrogens (primary N) is 1. The molecule has 0 spiro atoms. The van der Waals surface area contributed by atoms with Crippen LogP contribution in [0.15, 0.2) is 0 Å². The summed E-state index contributed by atoms with van der Waals surface area (Å²) in [4.78, 5) is 13.6. The molecule has 1 atom stereocenters. The minimum Gasteiger partial charge on any atom is -0.339 e. The van der Waals surface area contributed by atoms with Crippen molar-refractivity contribution in [2.45, 2.75) is 46.7 Å². The van der Waals surface area contributed by atoms with E-state index >= 15 is 0 Å². The van der Waals surface area contributed by atoms with E-state index in [9.17, 15) is 4.79 Å². The smallest absolute Gasteiger partial charge is 0.239 e. The molecule has 0 rings (SSSR count). The van der Waals surface area contributed by atoms with Crippen LogP contribution in [0.3, 0.4) is 0 Å². The molecular weight excluding hydrogens is 164 g/mol. The van der Waals surface area contributed by atoms with Gasteiger partial charge in [0.25, 0.3) is 0 Å². The van der Waals surface area contributed by atoms with Crippen molar-refractivity contribution in [3.63, 3.8) is 0 Å². The summed E-state index contributed by atoms with van der Waals surface area (Å²) in [7, 11) is 0. The minimum absolute atomic E-state index is 0.0625. The Morgan fingerprint density at radius 1 is 1.31 bits per heavy atom. The summed E-state index contributed by atoms with van der Waals surface area (Å²) in [6.07, 6.45) is 0. The standard InChI is InChI=1S/C10H22N2O/c1-6-12(8(4)5)10(13)9(11)7(2)3/h7-9H,6,11H2,1-5H3/t9-/m0/s1. The van der Waals surface area contributed by atoms with Crippen LogP contribution in [0.4, 0.5) is 0 Å². The molecule has 0 aromatic carbocycles. The number of carbonyl (C=O) groups is 1. The van der Waals surface area contributed by atoms with Crippen molar-refractivity contribution in [1.82, 2.24) is 4.90 Å². The molecule has 3 heteroatoms. The first-order valence-electron chi connectivity index (χ1n) is 4.97.